The molecule has 0 saturated heterocycles. The summed E-state index contributed by atoms with van der Waals surface area (Å²) >= 11 is 0. The van der Waals surface area contributed by atoms with Gasteiger partial charge in [-0.25, -0.2) is 0 Å². The van der Waals surface area contributed by atoms with Crippen LogP contribution in [0.4, 0.5) is 0 Å². The molecule has 0 bridgehead atoms. The van der Waals surface area contributed by atoms with Crippen LogP contribution in [-0.2, 0) is 0 Å². The van der Waals surface area contributed by atoms with Crippen molar-refractivity contribution in [2.45, 2.75) is 0 Å². The molecule has 0 fully saturated rings. The molecule has 2 heteroatoms. The van der Waals surface area contributed by atoms with E-state index in [0.717, 1.165) is 0 Å². The molecule has 0 saturated carbocycles. The van der Waals surface area contributed by atoms with E-state index in [2.05, 4.69) is 0 Å². The third-order valence-corrected chi connectivity index (χ3v) is 5.97. The molecule has 0 atom stereocenters. The Labute approximate surface area is 235 Å². The van der Waals surface area contributed by atoms with Gasteiger partial charge < -0.3 is 8.83 Å². The van der Waals surface area contributed by atoms with Crippen molar-refractivity contribution in [3.63, 3.8) is 0 Å². The lowest BCUT2D eigenvalue weighted by Gasteiger charge is -2.17. The number of hydrogen-bond donors (Lipinski definition) is 0. The molecule has 6 aromatic carbocycles. The Morgan fingerprint density at radius 2 is 1.14 bits per heavy atom. The first kappa shape index (κ1) is 8.39. The first-order chi connectivity index (χ1) is 26.2. The standard InChI is InChI=1S/C34H20O2/c1-2-9-21(10-3-1)30-23-11-4-6-13-25(23)31(26-14-7-5-12-24(26)30)27-15-8-16-28-32-29(36-34(27)28)18-17-22-19-20-35-33(22)32/h1-20H/i1D,2D,3D,4D,5D,6D,7D,8D,9D,10D,11D,12D,13D,14D,15D,16D,17D,18D,19D,20D. The molecular weight excluding hydrogens is 440 g/mol. The highest BCUT2D eigenvalue weighted by molar-refractivity contribution is 6.25. The van der Waals surface area contributed by atoms with Crippen LogP contribution in [0.2, 0.25) is 0 Å². The molecule has 0 amide bonds. The van der Waals surface area contributed by atoms with Crippen molar-refractivity contribution in [1.82, 2.24) is 0 Å². The summed E-state index contributed by atoms with van der Waals surface area (Å²) in [5, 5.41) is -3.17. The van der Waals surface area contributed by atoms with Crippen molar-refractivity contribution in [3.8, 4) is 22.3 Å². The average molecular weight is 481 g/mol. The van der Waals surface area contributed by atoms with Crippen molar-refractivity contribution < 1.29 is 36.2 Å². The SMILES string of the molecule is [2H]c1oc2c(c1[2H])c([2H])c([2H])c1oc3c(-c4c5c([2H])c([2H])c([2H])c([2H])c5c(-c5c([2H])c([2H])c([2H])c([2H])c5[2H])c5c([2H])c([2H])c([2H])c([2H])c45)c([2H])c([2H])c([2H])c3c12. The van der Waals surface area contributed by atoms with Crippen LogP contribution in [0.15, 0.2) is 130 Å². The monoisotopic (exact) mass is 480 g/mol. The average Bonchev–Trinajstić information content (AvgIpc) is 3.71. The Balaban J connectivity index is 1.79. The normalized spacial score (nSPS) is 19.7. The van der Waals surface area contributed by atoms with Crippen LogP contribution in [0.1, 0.15) is 27.4 Å². The molecule has 8 aromatic rings. The first-order valence-corrected chi connectivity index (χ1v) is 10.6. The van der Waals surface area contributed by atoms with Gasteiger partial charge in [-0.15, -0.1) is 0 Å². The molecule has 0 unspecified atom stereocenters. The van der Waals surface area contributed by atoms with E-state index < -0.39 is 176 Å². The van der Waals surface area contributed by atoms with Crippen molar-refractivity contribution in [1.29, 1.82) is 0 Å². The molecule has 2 heterocycles. The summed E-state index contributed by atoms with van der Waals surface area (Å²) in [6.45, 7) is 0. The van der Waals surface area contributed by atoms with Gasteiger partial charge in [-0.1, -0.05) is 96.7 Å². The maximum Gasteiger partial charge on any atom is 0.145 e. The van der Waals surface area contributed by atoms with E-state index >= 15 is 0 Å². The molecule has 0 radical (unpaired) electrons. The van der Waals surface area contributed by atoms with Crippen LogP contribution in [-0.4, -0.2) is 0 Å². The van der Waals surface area contributed by atoms with Gasteiger partial charge in [-0.2, -0.15) is 0 Å². The summed E-state index contributed by atoms with van der Waals surface area (Å²) in [5.74, 6) is 0. The number of para-hydroxylation sites is 1. The number of hydrogen-bond acceptors (Lipinski definition) is 2. The quantitative estimate of drug-likeness (QED) is 0.230. The van der Waals surface area contributed by atoms with Crippen LogP contribution in [0.3, 0.4) is 0 Å². The van der Waals surface area contributed by atoms with E-state index in [0.29, 0.717) is 0 Å². The Hall–Kier alpha value is -4.82. The maximum atomic E-state index is 9.23. The Bertz CT molecular complexity index is 3090. The van der Waals surface area contributed by atoms with E-state index in [1.165, 1.54) is 0 Å². The number of fused-ring (bicyclic) bond motifs is 7. The second kappa shape index (κ2) is 7.34. The minimum Gasteiger partial charge on any atom is -0.464 e. The van der Waals surface area contributed by atoms with Gasteiger partial charge in [0.05, 0.1) is 37.7 Å². The molecular formula is C34H20O2. The molecule has 168 valence electrons. The molecule has 0 N–H and O–H groups in total. The van der Waals surface area contributed by atoms with Gasteiger partial charge in [0, 0.05) is 21.9 Å². The summed E-state index contributed by atoms with van der Waals surface area (Å²) in [7, 11) is 0. The van der Waals surface area contributed by atoms with Crippen molar-refractivity contribution in [2.24, 2.45) is 0 Å². The van der Waals surface area contributed by atoms with Gasteiger partial charge in [0.15, 0.2) is 0 Å². The summed E-state index contributed by atoms with van der Waals surface area (Å²) in [5.41, 5.74) is -3.61. The lowest BCUT2D eigenvalue weighted by atomic mass is 9.85. The fourth-order valence-electron chi connectivity index (χ4n) is 4.54. The van der Waals surface area contributed by atoms with Crippen molar-refractivity contribution in [2.75, 3.05) is 0 Å². The molecule has 8 rings (SSSR count). The van der Waals surface area contributed by atoms with Crippen LogP contribution in [0, 0.1) is 0 Å². The lowest BCUT2D eigenvalue weighted by Crippen LogP contribution is -1.90. The second-order valence-electron chi connectivity index (χ2n) is 7.79. The number of rotatable bonds is 2. The number of furan rings is 2. The van der Waals surface area contributed by atoms with Gasteiger partial charge in [-0.3, -0.25) is 0 Å². The smallest absolute Gasteiger partial charge is 0.145 e. The summed E-state index contributed by atoms with van der Waals surface area (Å²) < 4.78 is 186. The summed E-state index contributed by atoms with van der Waals surface area (Å²) in [6.07, 6.45) is -0.697. The topological polar surface area (TPSA) is 26.3 Å². The molecule has 0 aliphatic heterocycles. The van der Waals surface area contributed by atoms with E-state index in [9.17, 15) is 4.11 Å². The zero-order chi connectivity index (χ0) is 41.0. The highest BCUT2D eigenvalue weighted by Gasteiger charge is 2.21. The Morgan fingerprint density at radius 3 is 1.86 bits per heavy atom. The third kappa shape index (κ3) is 2.61. The van der Waals surface area contributed by atoms with Crippen LogP contribution in [0.25, 0.3) is 76.7 Å². The largest absolute Gasteiger partial charge is 0.464 e. The second-order valence-corrected chi connectivity index (χ2v) is 7.79. The Kier molecular flexibility index (Phi) is 1.71. The van der Waals surface area contributed by atoms with Gasteiger partial charge in [0.1, 0.15) is 18.1 Å². The molecule has 0 aliphatic rings. The van der Waals surface area contributed by atoms with Crippen molar-refractivity contribution in [3.05, 3.63) is 121 Å². The van der Waals surface area contributed by atoms with Crippen molar-refractivity contribution >= 4 is 54.5 Å². The highest BCUT2D eigenvalue weighted by atomic mass is 16.3. The molecule has 0 aliphatic carbocycles. The fraction of sp³-hybridized carbons (Fsp3) is 0. The van der Waals surface area contributed by atoms with E-state index in [1.54, 1.807) is 0 Å². The lowest BCUT2D eigenvalue weighted by molar-refractivity contribution is 0.618. The van der Waals surface area contributed by atoms with E-state index in [-0.39, 0.29) is 21.7 Å². The first-order valence-electron chi connectivity index (χ1n) is 20.6. The fourth-order valence-corrected chi connectivity index (χ4v) is 4.54. The van der Waals surface area contributed by atoms with Gasteiger partial charge in [0.2, 0.25) is 0 Å². The molecule has 0 spiro atoms. The van der Waals surface area contributed by atoms with Gasteiger partial charge in [-0.05, 0) is 50.8 Å². The highest BCUT2D eigenvalue weighted by Crippen LogP contribution is 2.46. The predicted molar refractivity (Wildman–Crippen MR) is 149 cm³/mol. The third-order valence-electron chi connectivity index (χ3n) is 5.97. The molecule has 36 heavy (non-hydrogen) atoms. The van der Waals surface area contributed by atoms with Gasteiger partial charge in [0.25, 0.3) is 0 Å². The molecule has 2 aromatic heterocycles. The van der Waals surface area contributed by atoms with Crippen LogP contribution < -0.4 is 0 Å². The molecule has 2 nitrogen and oxygen atoms in total. The van der Waals surface area contributed by atoms with Crippen LogP contribution >= 0.6 is 0 Å². The zero-order valence-corrected chi connectivity index (χ0v) is 17.8. The minimum atomic E-state index is -0.873. The Morgan fingerprint density at radius 1 is 0.500 bits per heavy atom. The van der Waals surface area contributed by atoms with E-state index in [4.69, 9.17) is 32.1 Å². The minimum absolute atomic E-state index is 0.240. The van der Waals surface area contributed by atoms with Crippen LogP contribution in [0.5, 0.6) is 0 Å². The summed E-state index contributed by atoms with van der Waals surface area (Å²) in [4.78, 5) is 0. The van der Waals surface area contributed by atoms with Gasteiger partial charge >= 0.3 is 0 Å². The predicted octanol–water partition coefficient (Wildman–Crippen LogP) is 9.97. The maximum absolute atomic E-state index is 9.23. The summed E-state index contributed by atoms with van der Waals surface area (Å²) in [6, 6.07) is -15.3. The zero-order valence-electron chi connectivity index (χ0n) is 37.8. The van der Waals surface area contributed by atoms with E-state index in [1.807, 2.05) is 0 Å². The number of benzene rings is 6.